The lowest BCUT2D eigenvalue weighted by Gasteiger charge is -2.16. The van der Waals surface area contributed by atoms with E-state index in [-0.39, 0.29) is 0 Å². The van der Waals surface area contributed by atoms with E-state index in [1.807, 2.05) is 11.4 Å². The molecular weight excluding hydrogens is 312 g/mol. The van der Waals surface area contributed by atoms with Crippen molar-refractivity contribution in [3.63, 3.8) is 0 Å². The summed E-state index contributed by atoms with van der Waals surface area (Å²) in [6.07, 6.45) is 3.50. The maximum atomic E-state index is 8.92. The number of thiophene rings is 1. The molecule has 0 fully saturated rings. The largest absolute Gasteiger partial charge is 0.336 e. The first kappa shape index (κ1) is 13.0. The Labute approximate surface area is 118 Å². The molecule has 2 heterocycles. The monoisotopic (exact) mass is 322 g/mol. The van der Waals surface area contributed by atoms with Gasteiger partial charge in [0, 0.05) is 32.7 Å². The molecule has 6 heteroatoms. The number of nitriles is 1. The number of rotatable bonds is 3. The highest BCUT2D eigenvalue weighted by Gasteiger charge is 2.17. The van der Waals surface area contributed by atoms with E-state index in [1.54, 1.807) is 37.6 Å². The molecule has 1 N–H and O–H groups in total. The van der Waals surface area contributed by atoms with Gasteiger partial charge in [-0.1, -0.05) is 0 Å². The average Bonchev–Trinajstić information content (AvgIpc) is 2.76. The second-order valence-electron chi connectivity index (χ2n) is 4.29. The number of halogens is 1. The van der Waals surface area contributed by atoms with Crippen molar-refractivity contribution in [1.29, 1.82) is 5.26 Å². The summed E-state index contributed by atoms with van der Waals surface area (Å²) in [7, 11) is 0. The molecule has 0 saturated heterocycles. The molecule has 18 heavy (non-hydrogen) atoms. The van der Waals surface area contributed by atoms with Crippen molar-refractivity contribution >= 4 is 33.2 Å². The molecule has 0 saturated carbocycles. The topological polar surface area (TPSA) is 61.6 Å². The molecule has 0 aliphatic heterocycles. The summed E-state index contributed by atoms with van der Waals surface area (Å²) in [4.78, 5) is 9.54. The molecule has 0 aliphatic carbocycles. The fraction of sp³-hybridized carbons (Fsp3) is 0.250. The average molecular weight is 323 g/mol. The van der Waals surface area contributed by atoms with Gasteiger partial charge in [0.25, 0.3) is 0 Å². The van der Waals surface area contributed by atoms with Crippen LogP contribution in [0, 0.1) is 11.3 Å². The first-order valence-corrected chi connectivity index (χ1v) is 6.93. The number of hydrogen-bond donors (Lipinski definition) is 1. The third-order valence-corrected chi connectivity index (χ3v) is 3.95. The van der Waals surface area contributed by atoms with Crippen LogP contribution in [0.1, 0.15) is 13.8 Å². The predicted molar refractivity (Wildman–Crippen MR) is 76.4 cm³/mol. The zero-order chi connectivity index (χ0) is 13.2. The van der Waals surface area contributed by atoms with Crippen molar-refractivity contribution in [3.05, 3.63) is 28.3 Å². The van der Waals surface area contributed by atoms with E-state index < -0.39 is 5.54 Å². The van der Waals surface area contributed by atoms with Gasteiger partial charge in [-0.05, 0) is 35.8 Å². The van der Waals surface area contributed by atoms with E-state index >= 15 is 0 Å². The fourth-order valence-electron chi connectivity index (χ4n) is 1.29. The Morgan fingerprint density at radius 3 is 2.56 bits per heavy atom. The van der Waals surface area contributed by atoms with Crippen LogP contribution in [0.3, 0.4) is 0 Å². The van der Waals surface area contributed by atoms with Crippen molar-refractivity contribution < 1.29 is 0 Å². The Bertz CT molecular complexity index is 583. The van der Waals surface area contributed by atoms with E-state index in [1.165, 1.54) is 0 Å². The van der Waals surface area contributed by atoms with Crippen LogP contribution in [0.15, 0.2) is 28.3 Å². The van der Waals surface area contributed by atoms with Crippen LogP contribution in [0.25, 0.3) is 10.4 Å². The highest BCUT2D eigenvalue weighted by molar-refractivity contribution is 9.10. The summed E-state index contributed by atoms with van der Waals surface area (Å²) in [5, 5.41) is 13.9. The van der Waals surface area contributed by atoms with Gasteiger partial charge in [0.05, 0.1) is 6.07 Å². The summed E-state index contributed by atoms with van der Waals surface area (Å²) < 4.78 is 1.05. The molecule has 92 valence electrons. The van der Waals surface area contributed by atoms with Crippen molar-refractivity contribution in [1.82, 2.24) is 9.97 Å². The molecule has 0 amide bonds. The van der Waals surface area contributed by atoms with Crippen molar-refractivity contribution in [2.24, 2.45) is 0 Å². The zero-order valence-corrected chi connectivity index (χ0v) is 12.3. The number of nitrogens with zero attached hydrogens (tertiary/aromatic N) is 3. The molecule has 0 unspecified atom stereocenters. The molecule has 0 aliphatic rings. The summed E-state index contributed by atoms with van der Waals surface area (Å²) >= 11 is 5.04. The number of anilines is 1. The Kier molecular flexibility index (Phi) is 3.64. The second kappa shape index (κ2) is 5.04. The maximum absolute atomic E-state index is 8.92. The van der Waals surface area contributed by atoms with E-state index in [9.17, 15) is 0 Å². The maximum Gasteiger partial charge on any atom is 0.223 e. The predicted octanol–water partition coefficient (Wildman–Crippen LogP) is 3.68. The molecule has 2 aromatic rings. The van der Waals surface area contributed by atoms with E-state index in [4.69, 9.17) is 5.26 Å². The lowest BCUT2D eigenvalue weighted by Crippen LogP contribution is -2.29. The lowest BCUT2D eigenvalue weighted by atomic mass is 10.1. The standard InChI is InChI=1S/C12H11BrN4S/c1-12(2,7-14)17-11-15-4-8(5-16-11)10-3-9(13)6-18-10/h3-6H,1-2H3,(H,15,16,17). The van der Waals surface area contributed by atoms with Gasteiger partial charge < -0.3 is 5.32 Å². The van der Waals surface area contributed by atoms with Gasteiger partial charge >= 0.3 is 0 Å². The smallest absolute Gasteiger partial charge is 0.223 e. The van der Waals surface area contributed by atoms with E-state index in [2.05, 4.69) is 37.3 Å². The Hall–Kier alpha value is -1.45. The van der Waals surface area contributed by atoms with Crippen molar-refractivity contribution in [2.75, 3.05) is 5.32 Å². The van der Waals surface area contributed by atoms with Gasteiger partial charge in [0.1, 0.15) is 5.54 Å². The molecule has 0 radical (unpaired) electrons. The fourth-order valence-corrected chi connectivity index (χ4v) is 2.70. The Balaban J connectivity index is 2.18. The Morgan fingerprint density at radius 2 is 2.06 bits per heavy atom. The van der Waals surface area contributed by atoms with E-state index in [0.29, 0.717) is 5.95 Å². The van der Waals surface area contributed by atoms with Crippen LogP contribution in [0.4, 0.5) is 5.95 Å². The van der Waals surface area contributed by atoms with Gasteiger partial charge in [-0.3, -0.25) is 0 Å². The molecule has 2 aromatic heterocycles. The van der Waals surface area contributed by atoms with Gasteiger partial charge in [0.15, 0.2) is 0 Å². The highest BCUT2D eigenvalue weighted by atomic mass is 79.9. The summed E-state index contributed by atoms with van der Waals surface area (Å²) in [6, 6.07) is 4.17. The molecule has 0 spiro atoms. The highest BCUT2D eigenvalue weighted by Crippen LogP contribution is 2.29. The quantitative estimate of drug-likeness (QED) is 0.936. The minimum absolute atomic E-state index is 0.459. The van der Waals surface area contributed by atoms with Crippen LogP contribution < -0.4 is 5.32 Å². The number of nitrogens with one attached hydrogen (secondary N) is 1. The molecule has 2 rings (SSSR count). The first-order valence-electron chi connectivity index (χ1n) is 5.26. The minimum atomic E-state index is -0.673. The van der Waals surface area contributed by atoms with Crippen molar-refractivity contribution in [2.45, 2.75) is 19.4 Å². The van der Waals surface area contributed by atoms with Gasteiger partial charge in [-0.2, -0.15) is 5.26 Å². The van der Waals surface area contributed by atoms with Crippen molar-refractivity contribution in [3.8, 4) is 16.5 Å². The minimum Gasteiger partial charge on any atom is -0.336 e. The van der Waals surface area contributed by atoms with Crippen LogP contribution >= 0.6 is 27.3 Å². The number of aromatic nitrogens is 2. The third-order valence-electron chi connectivity index (χ3n) is 2.21. The van der Waals surface area contributed by atoms with Gasteiger partial charge in [-0.15, -0.1) is 11.3 Å². The van der Waals surface area contributed by atoms with E-state index in [0.717, 1.165) is 14.9 Å². The summed E-state index contributed by atoms with van der Waals surface area (Å²) in [5.74, 6) is 0.459. The van der Waals surface area contributed by atoms with Crippen LogP contribution in [0.5, 0.6) is 0 Å². The zero-order valence-electron chi connectivity index (χ0n) is 9.94. The van der Waals surface area contributed by atoms with Crippen LogP contribution in [-0.2, 0) is 0 Å². The lowest BCUT2D eigenvalue weighted by molar-refractivity contribution is 0.717. The molecule has 4 nitrogen and oxygen atoms in total. The Morgan fingerprint density at radius 1 is 1.39 bits per heavy atom. The molecule has 0 aromatic carbocycles. The summed E-state index contributed by atoms with van der Waals surface area (Å²) in [5.41, 5.74) is 0.291. The summed E-state index contributed by atoms with van der Waals surface area (Å²) in [6.45, 7) is 3.56. The first-order chi connectivity index (χ1) is 8.50. The van der Waals surface area contributed by atoms with Crippen LogP contribution in [0.2, 0.25) is 0 Å². The normalized spacial score (nSPS) is 11.0. The molecular formula is C12H11BrN4S. The van der Waals surface area contributed by atoms with Crippen LogP contribution in [-0.4, -0.2) is 15.5 Å². The number of hydrogen-bond acceptors (Lipinski definition) is 5. The molecule has 0 atom stereocenters. The van der Waals surface area contributed by atoms with Gasteiger partial charge in [0.2, 0.25) is 5.95 Å². The molecule has 0 bridgehead atoms. The SMILES string of the molecule is CC(C)(C#N)Nc1ncc(-c2cc(Br)cs2)cn1. The second-order valence-corrected chi connectivity index (χ2v) is 6.11. The van der Waals surface area contributed by atoms with Gasteiger partial charge in [-0.25, -0.2) is 9.97 Å². The third kappa shape index (κ3) is 3.06.